The minimum atomic E-state index is -0.182. The summed E-state index contributed by atoms with van der Waals surface area (Å²) in [6, 6.07) is 7.66. The summed E-state index contributed by atoms with van der Waals surface area (Å²) < 4.78 is 0. The first-order valence-electron chi connectivity index (χ1n) is 7.06. The zero-order chi connectivity index (χ0) is 15.5. The minimum Gasteiger partial charge on any atom is -0.322 e. The van der Waals surface area contributed by atoms with Crippen molar-refractivity contribution in [2.24, 2.45) is 0 Å². The van der Waals surface area contributed by atoms with Crippen molar-refractivity contribution in [1.82, 2.24) is 0 Å². The van der Waals surface area contributed by atoms with Gasteiger partial charge < -0.3 is 10.2 Å². The lowest BCUT2D eigenvalue weighted by atomic mass is 10.1. The van der Waals surface area contributed by atoms with E-state index >= 15 is 0 Å². The van der Waals surface area contributed by atoms with Gasteiger partial charge in [-0.1, -0.05) is 6.07 Å². The molecule has 0 bridgehead atoms. The maximum absolute atomic E-state index is 11.9. The Morgan fingerprint density at radius 2 is 2.18 bits per heavy atom. The lowest BCUT2D eigenvalue weighted by Gasteiger charge is -2.15. The second-order valence-electron chi connectivity index (χ2n) is 5.14. The van der Waals surface area contributed by atoms with Gasteiger partial charge in [-0.2, -0.15) is 11.3 Å². The predicted molar refractivity (Wildman–Crippen MR) is 90.2 cm³/mol. The van der Waals surface area contributed by atoms with Gasteiger partial charge in [0.2, 0.25) is 11.8 Å². The normalized spacial score (nSPS) is 13.4. The number of thiophene rings is 1. The number of hydrogen-bond donors (Lipinski definition) is 1. The van der Waals surface area contributed by atoms with Crippen molar-refractivity contribution in [1.29, 1.82) is 0 Å². The van der Waals surface area contributed by atoms with Gasteiger partial charge in [0.05, 0.1) is 0 Å². The number of rotatable bonds is 3. The molecule has 0 saturated carbocycles. The second-order valence-corrected chi connectivity index (χ2v) is 5.92. The van der Waals surface area contributed by atoms with E-state index in [-0.39, 0.29) is 11.8 Å². The maximum Gasteiger partial charge on any atom is 0.248 e. The van der Waals surface area contributed by atoms with Gasteiger partial charge in [0, 0.05) is 30.9 Å². The highest BCUT2D eigenvalue weighted by Gasteiger charge is 2.22. The van der Waals surface area contributed by atoms with Gasteiger partial charge in [0.1, 0.15) is 0 Å². The lowest BCUT2D eigenvalue weighted by Crippen LogP contribution is -2.25. The Morgan fingerprint density at radius 1 is 1.32 bits per heavy atom. The number of benzene rings is 1. The van der Waals surface area contributed by atoms with Crippen molar-refractivity contribution in [2.75, 3.05) is 16.8 Å². The first-order chi connectivity index (χ1) is 10.6. The third kappa shape index (κ3) is 3.09. The number of anilines is 2. The Hall–Kier alpha value is -2.40. The molecular formula is C17H16N2O2S. The smallest absolute Gasteiger partial charge is 0.248 e. The second kappa shape index (κ2) is 6.15. The fourth-order valence-electron chi connectivity index (χ4n) is 2.51. The van der Waals surface area contributed by atoms with Crippen LogP contribution in [0, 0.1) is 0 Å². The van der Waals surface area contributed by atoms with Gasteiger partial charge in [-0.3, -0.25) is 9.59 Å². The first kappa shape index (κ1) is 14.5. The SMILES string of the molecule is CC(=O)N1CCc2ccc(NC(=O)/C=C/c3ccsc3)cc21. The molecule has 0 fully saturated rings. The van der Waals surface area contributed by atoms with E-state index in [9.17, 15) is 9.59 Å². The molecule has 0 saturated heterocycles. The van der Waals surface area contributed by atoms with Gasteiger partial charge in [0.15, 0.2) is 0 Å². The van der Waals surface area contributed by atoms with Crippen molar-refractivity contribution in [2.45, 2.75) is 13.3 Å². The van der Waals surface area contributed by atoms with Crippen LogP contribution in [0.2, 0.25) is 0 Å². The van der Waals surface area contributed by atoms with Crippen molar-refractivity contribution in [3.05, 3.63) is 52.2 Å². The topological polar surface area (TPSA) is 49.4 Å². The lowest BCUT2D eigenvalue weighted by molar-refractivity contribution is -0.116. The Labute approximate surface area is 133 Å². The van der Waals surface area contributed by atoms with Crippen LogP contribution in [0.15, 0.2) is 41.1 Å². The molecule has 1 aliphatic rings. The monoisotopic (exact) mass is 312 g/mol. The summed E-state index contributed by atoms with van der Waals surface area (Å²) in [7, 11) is 0. The van der Waals surface area contributed by atoms with E-state index in [1.165, 1.54) is 6.08 Å². The van der Waals surface area contributed by atoms with E-state index in [2.05, 4.69) is 5.32 Å². The molecule has 0 radical (unpaired) electrons. The van der Waals surface area contributed by atoms with Crippen LogP contribution >= 0.6 is 11.3 Å². The zero-order valence-electron chi connectivity index (χ0n) is 12.2. The maximum atomic E-state index is 11.9. The fourth-order valence-corrected chi connectivity index (χ4v) is 3.14. The molecular weight excluding hydrogens is 296 g/mol. The fraction of sp³-hybridized carbons (Fsp3) is 0.176. The number of carbonyl (C=O) groups is 2. The van der Waals surface area contributed by atoms with Crippen LogP contribution in [-0.4, -0.2) is 18.4 Å². The van der Waals surface area contributed by atoms with Crippen molar-refractivity contribution >= 4 is 40.6 Å². The molecule has 0 atom stereocenters. The molecule has 4 nitrogen and oxygen atoms in total. The van der Waals surface area contributed by atoms with Gasteiger partial charge >= 0.3 is 0 Å². The quantitative estimate of drug-likeness (QED) is 0.884. The average Bonchev–Trinajstić information content (AvgIpc) is 3.14. The molecule has 2 aromatic rings. The first-order valence-corrected chi connectivity index (χ1v) is 8.00. The molecule has 0 aliphatic carbocycles. The van der Waals surface area contributed by atoms with E-state index < -0.39 is 0 Å². The highest BCUT2D eigenvalue weighted by Crippen LogP contribution is 2.30. The Morgan fingerprint density at radius 3 is 2.91 bits per heavy atom. The van der Waals surface area contributed by atoms with Crippen LogP contribution in [0.1, 0.15) is 18.1 Å². The highest BCUT2D eigenvalue weighted by molar-refractivity contribution is 7.08. The largest absolute Gasteiger partial charge is 0.322 e. The van der Waals surface area contributed by atoms with Crippen LogP contribution in [0.25, 0.3) is 6.08 Å². The summed E-state index contributed by atoms with van der Waals surface area (Å²) in [5.41, 5.74) is 3.75. The van der Waals surface area contributed by atoms with E-state index in [4.69, 9.17) is 0 Å². The van der Waals surface area contributed by atoms with Crippen LogP contribution in [-0.2, 0) is 16.0 Å². The van der Waals surface area contributed by atoms with Crippen molar-refractivity contribution < 1.29 is 9.59 Å². The molecule has 0 unspecified atom stereocenters. The van der Waals surface area contributed by atoms with Crippen LogP contribution in [0.5, 0.6) is 0 Å². The third-order valence-electron chi connectivity index (χ3n) is 3.60. The third-order valence-corrected chi connectivity index (χ3v) is 4.30. The average molecular weight is 312 g/mol. The molecule has 3 rings (SSSR count). The van der Waals surface area contributed by atoms with E-state index in [0.717, 1.165) is 23.2 Å². The molecule has 1 N–H and O–H groups in total. The molecule has 1 aromatic carbocycles. The van der Waals surface area contributed by atoms with Gasteiger partial charge in [-0.05, 0) is 52.6 Å². The summed E-state index contributed by atoms with van der Waals surface area (Å²) in [5, 5.41) is 6.78. The number of carbonyl (C=O) groups excluding carboxylic acids is 2. The summed E-state index contributed by atoms with van der Waals surface area (Å²) in [4.78, 5) is 25.3. The highest BCUT2D eigenvalue weighted by atomic mass is 32.1. The zero-order valence-corrected chi connectivity index (χ0v) is 13.0. The Bertz CT molecular complexity index is 735. The predicted octanol–water partition coefficient (Wildman–Crippen LogP) is 3.31. The van der Waals surface area contributed by atoms with Crippen LogP contribution in [0.4, 0.5) is 11.4 Å². The van der Waals surface area contributed by atoms with Crippen molar-refractivity contribution in [3.8, 4) is 0 Å². The minimum absolute atomic E-state index is 0.0274. The summed E-state index contributed by atoms with van der Waals surface area (Å²) in [5.74, 6) is -0.155. The molecule has 0 spiro atoms. The molecule has 1 aromatic heterocycles. The molecule has 2 heterocycles. The molecule has 5 heteroatoms. The molecule has 1 aliphatic heterocycles. The number of fused-ring (bicyclic) bond motifs is 1. The van der Waals surface area contributed by atoms with Crippen molar-refractivity contribution in [3.63, 3.8) is 0 Å². The number of amides is 2. The molecule has 112 valence electrons. The Balaban J connectivity index is 1.72. The van der Waals surface area contributed by atoms with Gasteiger partial charge in [-0.25, -0.2) is 0 Å². The van der Waals surface area contributed by atoms with E-state index in [1.54, 1.807) is 29.2 Å². The van der Waals surface area contributed by atoms with E-state index in [1.807, 2.05) is 35.0 Å². The van der Waals surface area contributed by atoms with Gasteiger partial charge in [-0.15, -0.1) is 0 Å². The summed E-state index contributed by atoms with van der Waals surface area (Å²) in [6.45, 7) is 2.27. The van der Waals surface area contributed by atoms with E-state index in [0.29, 0.717) is 12.2 Å². The number of hydrogen-bond acceptors (Lipinski definition) is 3. The summed E-state index contributed by atoms with van der Waals surface area (Å²) >= 11 is 1.59. The summed E-state index contributed by atoms with van der Waals surface area (Å²) in [6.07, 6.45) is 4.15. The van der Waals surface area contributed by atoms with Crippen LogP contribution in [0.3, 0.4) is 0 Å². The standard InChI is InChI=1S/C17H16N2O2S/c1-12(20)19-8-6-14-3-4-15(10-16(14)19)18-17(21)5-2-13-7-9-22-11-13/h2-5,7,9-11H,6,8H2,1H3,(H,18,21)/b5-2+. The molecule has 22 heavy (non-hydrogen) atoms. The molecule has 2 amide bonds. The number of nitrogens with zero attached hydrogens (tertiary/aromatic N) is 1. The Kier molecular flexibility index (Phi) is 4.06. The van der Waals surface area contributed by atoms with Gasteiger partial charge in [0.25, 0.3) is 0 Å². The van der Waals surface area contributed by atoms with Crippen LogP contribution < -0.4 is 10.2 Å². The number of nitrogens with one attached hydrogen (secondary N) is 1.